The van der Waals surface area contributed by atoms with Crippen molar-refractivity contribution in [3.63, 3.8) is 0 Å². The van der Waals surface area contributed by atoms with Crippen LogP contribution in [0.3, 0.4) is 0 Å². The van der Waals surface area contributed by atoms with Gasteiger partial charge in [0, 0.05) is 24.0 Å². The number of thiocarbonyl (C=S) groups is 1. The number of hydrogen-bond donors (Lipinski definition) is 0. The summed E-state index contributed by atoms with van der Waals surface area (Å²) in [7, 11) is 1.37. The second kappa shape index (κ2) is 12.4. The van der Waals surface area contributed by atoms with Crippen LogP contribution in [0.4, 0.5) is 13.2 Å². The molecule has 3 heterocycles. The van der Waals surface area contributed by atoms with Gasteiger partial charge in [-0.15, -0.1) is 0 Å². The highest BCUT2D eigenvalue weighted by atomic mass is 32.1. The number of alkyl halides is 3. The molecule has 2 aromatic carbocycles. The lowest BCUT2D eigenvalue weighted by Crippen LogP contribution is -2.30. The van der Waals surface area contributed by atoms with Crippen LogP contribution in [0, 0.1) is 13.8 Å². The maximum absolute atomic E-state index is 13.3. The predicted octanol–water partition coefficient (Wildman–Crippen LogP) is 8.35. The lowest BCUT2D eigenvalue weighted by atomic mass is 9.83. The second-order valence-corrected chi connectivity index (χ2v) is 11.8. The smallest absolute Gasteiger partial charge is 0.449 e. The van der Waals surface area contributed by atoms with Gasteiger partial charge in [-0.1, -0.05) is 60.7 Å². The number of furan rings is 1. The van der Waals surface area contributed by atoms with Crippen molar-refractivity contribution in [3.8, 4) is 11.1 Å². The monoisotopic (exact) mass is 631 g/mol. The zero-order chi connectivity index (χ0) is 32.5. The van der Waals surface area contributed by atoms with Gasteiger partial charge >= 0.3 is 12.1 Å². The van der Waals surface area contributed by atoms with E-state index in [2.05, 4.69) is 9.97 Å². The Morgan fingerprint density at radius 2 is 1.69 bits per heavy atom. The largest absolute Gasteiger partial charge is 0.468 e. The first-order chi connectivity index (χ1) is 21.3. The normalized spacial score (nSPS) is 11.9. The van der Waals surface area contributed by atoms with Crippen LogP contribution < -0.4 is 0 Å². The van der Waals surface area contributed by atoms with Gasteiger partial charge < -0.3 is 14.1 Å². The van der Waals surface area contributed by atoms with E-state index in [0.29, 0.717) is 28.1 Å². The molecule has 0 aliphatic carbocycles. The summed E-state index contributed by atoms with van der Waals surface area (Å²) < 4.78 is 50.2. The van der Waals surface area contributed by atoms with Crippen LogP contribution in [0.25, 0.3) is 22.2 Å². The molecule has 6 nitrogen and oxygen atoms in total. The summed E-state index contributed by atoms with van der Waals surface area (Å²) in [5.74, 6) is -1.26. The summed E-state index contributed by atoms with van der Waals surface area (Å²) >= 11 is 6.03. The van der Waals surface area contributed by atoms with Gasteiger partial charge in [-0.05, 0) is 79.8 Å². The Morgan fingerprint density at radius 3 is 2.36 bits per heavy atom. The van der Waals surface area contributed by atoms with Gasteiger partial charge in [0.2, 0.25) is 5.76 Å². The summed E-state index contributed by atoms with van der Waals surface area (Å²) in [5.41, 5.74) is 6.39. The Bertz CT molecular complexity index is 1880. The molecule has 0 aliphatic rings. The van der Waals surface area contributed by atoms with Gasteiger partial charge in [0.05, 0.1) is 30.1 Å². The first-order valence-electron chi connectivity index (χ1n) is 14.2. The summed E-state index contributed by atoms with van der Waals surface area (Å²) in [6, 6.07) is 21.5. The quantitative estimate of drug-likeness (QED) is 0.126. The highest BCUT2D eigenvalue weighted by Crippen LogP contribution is 2.33. The van der Waals surface area contributed by atoms with Crippen LogP contribution in [0.2, 0.25) is 0 Å². The molecule has 0 N–H and O–H groups in total. The van der Waals surface area contributed by atoms with E-state index >= 15 is 0 Å². The number of ether oxygens (including phenoxy) is 1. The third-order valence-corrected chi connectivity index (χ3v) is 8.42. The van der Waals surface area contributed by atoms with E-state index in [0.717, 1.165) is 39.6 Å². The molecular weight excluding hydrogens is 599 g/mol. The lowest BCUT2D eigenvalue weighted by Gasteiger charge is -2.27. The molecule has 0 amide bonds. The van der Waals surface area contributed by atoms with Crippen molar-refractivity contribution in [1.29, 1.82) is 0 Å². The number of methoxy groups -OCH3 is 1. The van der Waals surface area contributed by atoms with Gasteiger partial charge in [0.15, 0.2) is 0 Å². The average Bonchev–Trinajstić information content (AvgIpc) is 3.50. The number of esters is 1. The van der Waals surface area contributed by atoms with Gasteiger partial charge in [-0.2, -0.15) is 13.2 Å². The number of pyridine rings is 2. The predicted molar refractivity (Wildman–Crippen MR) is 171 cm³/mol. The Kier molecular flexibility index (Phi) is 8.80. The number of nitrogens with zero attached hydrogens (tertiary/aromatic N) is 3. The van der Waals surface area contributed by atoms with Gasteiger partial charge in [0.1, 0.15) is 10.7 Å². The maximum atomic E-state index is 13.3. The van der Waals surface area contributed by atoms with E-state index in [1.54, 1.807) is 12.3 Å². The standard InChI is InChI=1S/C35H32F3N3O3S/c1-21-22(2)40-28-10-7-17-39-31(28)30(21)32(45)41(20-27-15-16-29(44-27)35(36,37)38)19-23-11-13-24(14-12-23)25-8-6-9-26(18-25)34(3,4)33(42)43-5/h6-18H,19-20H2,1-5H3. The molecule has 3 aromatic heterocycles. The molecule has 0 unspecified atom stereocenters. The molecule has 232 valence electrons. The zero-order valence-electron chi connectivity index (χ0n) is 25.5. The molecule has 0 saturated heterocycles. The van der Waals surface area contributed by atoms with Gasteiger partial charge in [-0.3, -0.25) is 14.8 Å². The summed E-state index contributed by atoms with van der Waals surface area (Å²) in [6.45, 7) is 7.75. The summed E-state index contributed by atoms with van der Waals surface area (Å²) in [6.07, 6.45) is -2.93. The Balaban J connectivity index is 1.49. The van der Waals surface area contributed by atoms with Crippen LogP contribution in [0.5, 0.6) is 0 Å². The molecule has 10 heteroatoms. The van der Waals surface area contributed by atoms with E-state index < -0.39 is 17.4 Å². The van der Waals surface area contributed by atoms with E-state index in [9.17, 15) is 18.0 Å². The topological polar surface area (TPSA) is 68.5 Å². The highest BCUT2D eigenvalue weighted by Gasteiger charge is 2.35. The first-order valence-corrected chi connectivity index (χ1v) is 14.7. The van der Waals surface area contributed by atoms with Crippen LogP contribution in [-0.4, -0.2) is 32.9 Å². The SMILES string of the molecule is COC(=O)C(C)(C)c1cccc(-c2ccc(CN(Cc3ccc(C(F)(F)F)o3)C(=S)c3c(C)c(C)nc4cccnc34)cc2)c1. The third-order valence-electron chi connectivity index (χ3n) is 7.96. The van der Waals surface area contributed by atoms with Gasteiger partial charge in [0.25, 0.3) is 0 Å². The molecule has 0 spiro atoms. The molecule has 5 aromatic rings. The number of carbonyl (C=O) groups excluding carboxylic acids is 1. The van der Waals surface area contributed by atoms with Crippen molar-refractivity contribution >= 4 is 34.2 Å². The number of benzene rings is 2. The molecule has 0 atom stereocenters. The van der Waals surface area contributed by atoms with Crippen LogP contribution >= 0.6 is 12.2 Å². The van der Waals surface area contributed by atoms with Crippen molar-refractivity contribution < 1.29 is 27.1 Å². The molecule has 45 heavy (non-hydrogen) atoms. The zero-order valence-corrected chi connectivity index (χ0v) is 26.3. The van der Waals surface area contributed by atoms with Crippen molar-refractivity contribution in [2.45, 2.75) is 52.4 Å². The fraction of sp³-hybridized carbons (Fsp3) is 0.257. The number of aryl methyl sites for hydroxylation is 1. The van der Waals surface area contributed by atoms with Crippen LogP contribution in [0.15, 0.2) is 83.4 Å². The van der Waals surface area contributed by atoms with Crippen molar-refractivity contribution in [2.75, 3.05) is 7.11 Å². The number of hydrogen-bond acceptors (Lipinski definition) is 6. The van der Waals surface area contributed by atoms with Crippen LogP contribution in [0.1, 0.15) is 53.3 Å². The molecule has 0 radical (unpaired) electrons. The fourth-order valence-electron chi connectivity index (χ4n) is 5.21. The third kappa shape index (κ3) is 6.61. The number of aromatic nitrogens is 2. The molecular formula is C35H32F3N3O3S. The molecule has 0 bridgehead atoms. The number of fused-ring (bicyclic) bond motifs is 1. The minimum Gasteiger partial charge on any atom is -0.468 e. The molecule has 0 aliphatic heterocycles. The molecule has 0 saturated carbocycles. The van der Waals surface area contributed by atoms with Crippen molar-refractivity contribution in [3.05, 3.63) is 118 Å². The minimum atomic E-state index is -4.60. The van der Waals surface area contributed by atoms with Crippen LogP contribution in [-0.2, 0) is 34.2 Å². The fourth-order valence-corrected chi connectivity index (χ4v) is 5.59. The van der Waals surface area contributed by atoms with Gasteiger partial charge in [-0.25, -0.2) is 0 Å². The Hall–Kier alpha value is -4.57. The molecule has 5 rings (SSSR count). The summed E-state index contributed by atoms with van der Waals surface area (Å²) in [5, 5.41) is 0. The lowest BCUT2D eigenvalue weighted by molar-refractivity contribution is -0.153. The van der Waals surface area contributed by atoms with Crippen molar-refractivity contribution in [1.82, 2.24) is 14.9 Å². The first kappa shape index (κ1) is 31.8. The summed E-state index contributed by atoms with van der Waals surface area (Å²) in [4.78, 5) is 23.8. The van der Waals surface area contributed by atoms with E-state index in [1.165, 1.54) is 13.2 Å². The number of halogens is 3. The number of carbonyl (C=O) groups is 1. The molecule has 0 fully saturated rings. The van der Waals surface area contributed by atoms with E-state index in [4.69, 9.17) is 21.4 Å². The minimum absolute atomic E-state index is 0.0104. The highest BCUT2D eigenvalue weighted by molar-refractivity contribution is 7.80. The Labute approximate surface area is 264 Å². The average molecular weight is 632 g/mol. The number of rotatable bonds is 8. The van der Waals surface area contributed by atoms with E-state index in [1.807, 2.05) is 87.2 Å². The van der Waals surface area contributed by atoms with E-state index in [-0.39, 0.29) is 18.3 Å². The maximum Gasteiger partial charge on any atom is 0.449 e. The van der Waals surface area contributed by atoms with Crippen molar-refractivity contribution in [2.24, 2.45) is 0 Å². The Morgan fingerprint density at radius 1 is 0.956 bits per heavy atom. The second-order valence-electron chi connectivity index (χ2n) is 11.4.